The van der Waals surface area contributed by atoms with Gasteiger partial charge in [0.05, 0.1) is 0 Å². The molecule has 8 heteroatoms. The molecule has 162 valence electrons. The maximum Gasteiger partial charge on any atom is 0.252 e. The number of carbonyl (C=O) groups excluding carboxylic acids is 3. The first kappa shape index (κ1) is 20.5. The van der Waals surface area contributed by atoms with Crippen LogP contribution < -0.4 is 14.8 Å². The third kappa shape index (κ3) is 4.08. The number of ether oxygens (including phenoxy) is 2. The van der Waals surface area contributed by atoms with Crippen LogP contribution in [0.4, 0.5) is 0 Å². The van der Waals surface area contributed by atoms with E-state index < -0.39 is 6.04 Å². The summed E-state index contributed by atoms with van der Waals surface area (Å²) in [6.45, 7) is 7.47. The van der Waals surface area contributed by atoms with Crippen LogP contribution in [0.2, 0.25) is 0 Å². The second-order valence-electron chi connectivity index (χ2n) is 8.70. The lowest BCUT2D eigenvalue weighted by atomic mass is 10.0. The van der Waals surface area contributed by atoms with Crippen molar-refractivity contribution in [3.63, 3.8) is 0 Å². The number of amides is 3. The second kappa shape index (κ2) is 8.16. The summed E-state index contributed by atoms with van der Waals surface area (Å²) in [4.78, 5) is 42.1. The summed E-state index contributed by atoms with van der Waals surface area (Å²) in [5.41, 5.74) is 0.422. The topological polar surface area (TPSA) is 88.2 Å². The minimum atomic E-state index is -0.638. The Morgan fingerprint density at radius 3 is 2.50 bits per heavy atom. The first-order valence-electron chi connectivity index (χ1n) is 10.6. The maximum absolute atomic E-state index is 13.2. The Kier molecular flexibility index (Phi) is 5.58. The minimum Gasteiger partial charge on any atom is -0.454 e. The molecule has 2 unspecified atom stereocenters. The third-order valence-corrected chi connectivity index (χ3v) is 6.00. The van der Waals surface area contributed by atoms with Crippen molar-refractivity contribution in [3.8, 4) is 11.5 Å². The van der Waals surface area contributed by atoms with Crippen molar-refractivity contribution in [2.75, 3.05) is 26.4 Å². The molecule has 3 amide bonds. The highest BCUT2D eigenvalue weighted by atomic mass is 16.7. The van der Waals surface area contributed by atoms with Crippen LogP contribution in [0.15, 0.2) is 18.2 Å². The largest absolute Gasteiger partial charge is 0.454 e. The lowest BCUT2D eigenvalue weighted by Gasteiger charge is -2.41. The van der Waals surface area contributed by atoms with Gasteiger partial charge in [-0.3, -0.25) is 14.4 Å². The van der Waals surface area contributed by atoms with Gasteiger partial charge in [0.15, 0.2) is 11.5 Å². The van der Waals surface area contributed by atoms with E-state index in [1.54, 1.807) is 23.1 Å². The van der Waals surface area contributed by atoms with E-state index in [9.17, 15) is 14.4 Å². The lowest BCUT2D eigenvalue weighted by molar-refractivity contribution is -0.144. The molecule has 2 heterocycles. The molecule has 1 N–H and O–H groups in total. The lowest BCUT2D eigenvalue weighted by Crippen LogP contribution is -2.60. The molecule has 0 radical (unpaired) electrons. The zero-order valence-electron chi connectivity index (χ0n) is 17.7. The van der Waals surface area contributed by atoms with Crippen LogP contribution in [0, 0.1) is 11.8 Å². The van der Waals surface area contributed by atoms with Gasteiger partial charge in [0.25, 0.3) is 5.91 Å². The molecule has 1 aliphatic carbocycles. The minimum absolute atomic E-state index is 0.0202. The van der Waals surface area contributed by atoms with Crippen LogP contribution in [0.1, 0.15) is 44.0 Å². The zero-order valence-corrected chi connectivity index (χ0v) is 17.7. The average molecular weight is 415 g/mol. The normalized spacial score (nSPS) is 21.5. The number of nitrogens with one attached hydrogen (secondary N) is 1. The van der Waals surface area contributed by atoms with E-state index in [4.69, 9.17) is 9.47 Å². The van der Waals surface area contributed by atoms with E-state index in [-0.39, 0.29) is 42.4 Å². The fourth-order valence-electron chi connectivity index (χ4n) is 4.02. The van der Waals surface area contributed by atoms with Crippen molar-refractivity contribution in [1.82, 2.24) is 15.1 Å². The van der Waals surface area contributed by atoms with Gasteiger partial charge < -0.3 is 24.6 Å². The number of carbonyl (C=O) groups is 3. The van der Waals surface area contributed by atoms with Crippen molar-refractivity contribution in [2.24, 2.45) is 11.8 Å². The molecule has 3 aliphatic rings. The molecule has 0 bridgehead atoms. The quantitative estimate of drug-likeness (QED) is 0.790. The van der Waals surface area contributed by atoms with Gasteiger partial charge in [-0.2, -0.15) is 0 Å². The molecule has 4 rings (SSSR count). The molecule has 1 saturated heterocycles. The van der Waals surface area contributed by atoms with Gasteiger partial charge >= 0.3 is 0 Å². The number of piperazine rings is 1. The highest BCUT2D eigenvalue weighted by molar-refractivity contribution is 5.98. The van der Waals surface area contributed by atoms with Crippen LogP contribution >= 0.6 is 0 Å². The molecular weight excluding hydrogens is 386 g/mol. The van der Waals surface area contributed by atoms with E-state index in [0.717, 1.165) is 12.8 Å². The number of hydrogen-bond acceptors (Lipinski definition) is 5. The molecule has 0 spiro atoms. The van der Waals surface area contributed by atoms with Gasteiger partial charge in [-0.05, 0) is 43.9 Å². The van der Waals surface area contributed by atoms with E-state index in [2.05, 4.69) is 5.32 Å². The van der Waals surface area contributed by atoms with Gasteiger partial charge in [0.2, 0.25) is 18.6 Å². The van der Waals surface area contributed by atoms with Gasteiger partial charge in [-0.15, -0.1) is 0 Å². The van der Waals surface area contributed by atoms with Gasteiger partial charge in [-0.25, -0.2) is 0 Å². The van der Waals surface area contributed by atoms with Crippen LogP contribution in [-0.2, 0) is 9.59 Å². The Morgan fingerprint density at radius 1 is 1.10 bits per heavy atom. The van der Waals surface area contributed by atoms with Crippen molar-refractivity contribution >= 4 is 17.7 Å². The van der Waals surface area contributed by atoms with Gasteiger partial charge in [0, 0.05) is 37.2 Å². The van der Waals surface area contributed by atoms with Crippen LogP contribution in [0.3, 0.4) is 0 Å². The van der Waals surface area contributed by atoms with Crippen molar-refractivity contribution in [2.45, 2.75) is 45.7 Å². The van der Waals surface area contributed by atoms with Crippen LogP contribution in [0.5, 0.6) is 11.5 Å². The summed E-state index contributed by atoms with van der Waals surface area (Å²) in [7, 11) is 0. The summed E-state index contributed by atoms with van der Waals surface area (Å²) >= 11 is 0. The fraction of sp³-hybridized carbons (Fsp3) is 0.591. The Balaban J connectivity index is 1.40. The number of nitrogens with zero attached hydrogens (tertiary/aromatic N) is 2. The smallest absolute Gasteiger partial charge is 0.252 e. The van der Waals surface area contributed by atoms with Crippen molar-refractivity contribution in [3.05, 3.63) is 23.8 Å². The van der Waals surface area contributed by atoms with Crippen molar-refractivity contribution < 1.29 is 23.9 Å². The standard InChI is InChI=1S/C22H29N3O5/c1-13(2)19(23-20(26)16-6-7-17-18(10-16)30-12-29-17)22(28)24-8-9-25(14(3)11-24)21(27)15-4-5-15/h6-7,10,13-15,19H,4-5,8-9,11-12H2,1-3H3,(H,23,26). The summed E-state index contributed by atoms with van der Waals surface area (Å²) in [6, 6.07) is 4.33. The van der Waals surface area contributed by atoms with Crippen LogP contribution in [-0.4, -0.2) is 66.0 Å². The summed E-state index contributed by atoms with van der Waals surface area (Å²) < 4.78 is 10.6. The van der Waals surface area contributed by atoms with E-state index >= 15 is 0 Å². The highest BCUT2D eigenvalue weighted by Gasteiger charge is 2.39. The Bertz CT molecular complexity index is 851. The zero-order chi connectivity index (χ0) is 21.4. The van der Waals surface area contributed by atoms with E-state index in [1.165, 1.54) is 0 Å². The highest BCUT2D eigenvalue weighted by Crippen LogP contribution is 2.33. The summed E-state index contributed by atoms with van der Waals surface area (Å²) in [5.74, 6) is 1.03. The molecule has 2 aliphatic heterocycles. The fourth-order valence-corrected chi connectivity index (χ4v) is 4.02. The molecule has 1 aromatic rings. The molecule has 0 aromatic heterocycles. The molecule has 2 fully saturated rings. The monoisotopic (exact) mass is 415 g/mol. The number of fused-ring (bicyclic) bond motifs is 1. The third-order valence-electron chi connectivity index (χ3n) is 6.00. The molecule has 2 atom stereocenters. The number of rotatable bonds is 5. The van der Waals surface area contributed by atoms with Crippen molar-refractivity contribution in [1.29, 1.82) is 0 Å². The molecule has 30 heavy (non-hydrogen) atoms. The summed E-state index contributed by atoms with van der Waals surface area (Å²) in [6.07, 6.45) is 1.96. The Labute approximate surface area is 176 Å². The van der Waals surface area contributed by atoms with Gasteiger partial charge in [0.1, 0.15) is 6.04 Å². The number of benzene rings is 1. The molecule has 1 aromatic carbocycles. The average Bonchev–Trinajstić information content (AvgIpc) is 3.47. The molecule has 8 nitrogen and oxygen atoms in total. The first-order chi connectivity index (χ1) is 14.3. The second-order valence-corrected chi connectivity index (χ2v) is 8.70. The predicted octanol–water partition coefficient (Wildman–Crippen LogP) is 1.64. The maximum atomic E-state index is 13.2. The summed E-state index contributed by atoms with van der Waals surface area (Å²) in [5, 5.41) is 2.89. The van der Waals surface area contributed by atoms with E-state index in [0.29, 0.717) is 36.7 Å². The Hall–Kier alpha value is -2.77. The van der Waals surface area contributed by atoms with Gasteiger partial charge in [-0.1, -0.05) is 13.8 Å². The Morgan fingerprint density at radius 2 is 1.83 bits per heavy atom. The molecule has 1 saturated carbocycles. The van der Waals surface area contributed by atoms with Crippen LogP contribution in [0.25, 0.3) is 0 Å². The van der Waals surface area contributed by atoms with E-state index in [1.807, 2.05) is 25.7 Å². The number of hydrogen-bond donors (Lipinski definition) is 1. The molecular formula is C22H29N3O5. The predicted molar refractivity (Wildman–Crippen MR) is 109 cm³/mol. The first-order valence-corrected chi connectivity index (χ1v) is 10.6. The SMILES string of the molecule is CC(C)C(NC(=O)c1ccc2c(c1)OCO2)C(=O)N1CCN(C(=O)C2CC2)C(C)C1.